The van der Waals surface area contributed by atoms with Gasteiger partial charge in [0.25, 0.3) is 0 Å². The molecule has 0 bridgehead atoms. The van der Waals surface area contributed by atoms with Gasteiger partial charge in [-0.25, -0.2) is 9.78 Å². The molecule has 0 radical (unpaired) electrons. The molecule has 3 rings (SSSR count). The van der Waals surface area contributed by atoms with Crippen molar-refractivity contribution in [2.24, 2.45) is 4.99 Å². The van der Waals surface area contributed by atoms with Gasteiger partial charge in [-0.15, -0.1) is 0 Å². The molecule has 6 nitrogen and oxygen atoms in total. The van der Waals surface area contributed by atoms with E-state index in [-0.39, 0.29) is 6.61 Å². The number of aliphatic imine (C=N–C) groups is 1. The number of hydrogen-bond acceptors (Lipinski definition) is 5. The smallest absolute Gasteiger partial charge is 0.413 e. The highest BCUT2D eigenvalue weighted by Crippen LogP contribution is 2.32. The van der Waals surface area contributed by atoms with Gasteiger partial charge in [0.05, 0.1) is 6.61 Å². The van der Waals surface area contributed by atoms with Crippen LogP contribution in [0.3, 0.4) is 0 Å². The van der Waals surface area contributed by atoms with Crippen molar-refractivity contribution >= 4 is 11.9 Å². The third kappa shape index (κ3) is 4.72. The molecule has 1 aromatic heterocycles. The second kappa shape index (κ2) is 7.67. The molecule has 2 aromatic rings. The van der Waals surface area contributed by atoms with Crippen LogP contribution in [0.5, 0.6) is 0 Å². The maximum absolute atomic E-state index is 14.1. The van der Waals surface area contributed by atoms with Gasteiger partial charge in [0, 0.05) is 11.8 Å². The monoisotopic (exact) mass is 385 g/mol. The number of ether oxygens (including phenoxy) is 2. The first-order valence-corrected chi connectivity index (χ1v) is 9.04. The quantitative estimate of drug-likeness (QED) is 0.792. The molecule has 148 valence electrons. The summed E-state index contributed by atoms with van der Waals surface area (Å²) in [7, 11) is 0. The Hall–Kier alpha value is -2.80. The van der Waals surface area contributed by atoms with Crippen molar-refractivity contribution in [2.75, 3.05) is 13.2 Å². The first-order valence-electron chi connectivity index (χ1n) is 9.04. The minimum absolute atomic E-state index is 0.186. The van der Waals surface area contributed by atoms with Crippen LogP contribution in [0.15, 0.2) is 47.6 Å². The van der Waals surface area contributed by atoms with Crippen LogP contribution in [0.2, 0.25) is 0 Å². The van der Waals surface area contributed by atoms with Gasteiger partial charge in [0.1, 0.15) is 23.6 Å². The number of amidine groups is 1. The molecule has 1 amide bonds. The Balaban J connectivity index is 1.87. The topological polar surface area (TPSA) is 72.8 Å². The van der Waals surface area contributed by atoms with E-state index in [4.69, 9.17) is 9.47 Å². The normalized spacial score (nSPS) is 19.7. The molecule has 1 aliphatic rings. The molecule has 7 heteroatoms. The molecule has 0 fully saturated rings. The van der Waals surface area contributed by atoms with Crippen molar-refractivity contribution in [3.63, 3.8) is 0 Å². The van der Waals surface area contributed by atoms with Gasteiger partial charge in [-0.2, -0.15) is 4.39 Å². The van der Waals surface area contributed by atoms with Crippen LogP contribution in [-0.2, 0) is 15.0 Å². The van der Waals surface area contributed by atoms with Crippen molar-refractivity contribution in [3.05, 3.63) is 54.1 Å². The second-order valence-corrected chi connectivity index (χ2v) is 7.87. The number of hydrogen-bond donors (Lipinski definition) is 1. The highest BCUT2D eigenvalue weighted by molar-refractivity contribution is 5.96. The van der Waals surface area contributed by atoms with Gasteiger partial charge in [0.15, 0.2) is 0 Å². The van der Waals surface area contributed by atoms with Gasteiger partial charge in [0.2, 0.25) is 5.95 Å². The molecule has 1 N–H and O–H groups in total. The van der Waals surface area contributed by atoms with E-state index >= 15 is 0 Å². The summed E-state index contributed by atoms with van der Waals surface area (Å²) in [5, 5.41) is 2.65. The number of aromatic nitrogens is 1. The minimum atomic E-state index is -0.725. The number of benzene rings is 1. The summed E-state index contributed by atoms with van der Waals surface area (Å²) in [5.74, 6) is -0.138. The maximum atomic E-state index is 14.1. The van der Waals surface area contributed by atoms with Gasteiger partial charge < -0.3 is 9.47 Å². The number of amides is 1. The molecular weight excluding hydrogens is 361 g/mol. The average Bonchev–Trinajstić information content (AvgIpc) is 2.60. The van der Waals surface area contributed by atoms with Crippen LogP contribution in [0.1, 0.15) is 33.3 Å². The minimum Gasteiger partial charge on any atom is -0.444 e. The first kappa shape index (κ1) is 19.9. The van der Waals surface area contributed by atoms with Crippen LogP contribution >= 0.6 is 0 Å². The fourth-order valence-corrected chi connectivity index (χ4v) is 2.97. The number of nitrogens with zero attached hydrogens (tertiary/aromatic N) is 2. The SMILES string of the molecule is CC(C)(C)OC(=O)NC1=NC(C)(c2cccc(-c3cccnc3F)c2)COC1. The van der Waals surface area contributed by atoms with Crippen LogP contribution < -0.4 is 5.32 Å². The van der Waals surface area contributed by atoms with Gasteiger partial charge in [-0.1, -0.05) is 18.2 Å². The van der Waals surface area contributed by atoms with Crippen LogP contribution in [0.25, 0.3) is 11.1 Å². The van der Waals surface area contributed by atoms with E-state index in [0.717, 1.165) is 5.56 Å². The summed E-state index contributed by atoms with van der Waals surface area (Å²) >= 11 is 0. The Labute approximate surface area is 163 Å². The molecule has 0 saturated heterocycles. The summed E-state index contributed by atoms with van der Waals surface area (Å²) in [5.41, 5.74) is 0.632. The molecule has 1 aromatic carbocycles. The van der Waals surface area contributed by atoms with Crippen molar-refractivity contribution in [1.29, 1.82) is 0 Å². The Bertz CT molecular complexity index is 908. The molecule has 0 aliphatic carbocycles. The maximum Gasteiger partial charge on any atom is 0.413 e. The largest absolute Gasteiger partial charge is 0.444 e. The lowest BCUT2D eigenvalue weighted by Crippen LogP contribution is -2.44. The summed E-state index contributed by atoms with van der Waals surface area (Å²) in [6.07, 6.45) is 0.836. The molecule has 1 aliphatic heterocycles. The van der Waals surface area contributed by atoms with Crippen molar-refractivity contribution in [3.8, 4) is 11.1 Å². The number of halogens is 1. The van der Waals surface area contributed by atoms with E-state index in [9.17, 15) is 9.18 Å². The number of alkyl carbamates (subject to hydrolysis) is 1. The Kier molecular flexibility index (Phi) is 5.47. The fraction of sp³-hybridized carbons (Fsp3) is 0.381. The summed E-state index contributed by atoms with van der Waals surface area (Å²) in [6.45, 7) is 7.80. The fourth-order valence-electron chi connectivity index (χ4n) is 2.97. The van der Waals surface area contributed by atoms with Gasteiger partial charge in [-0.05, 0) is 57.0 Å². The van der Waals surface area contributed by atoms with Gasteiger partial charge >= 0.3 is 6.09 Å². The van der Waals surface area contributed by atoms with Crippen molar-refractivity contribution in [1.82, 2.24) is 10.3 Å². The van der Waals surface area contributed by atoms with Crippen LogP contribution in [-0.4, -0.2) is 35.7 Å². The highest BCUT2D eigenvalue weighted by atomic mass is 19.1. The Morgan fingerprint density at radius 1 is 1.29 bits per heavy atom. The summed E-state index contributed by atoms with van der Waals surface area (Å²) < 4.78 is 25.0. The van der Waals surface area contributed by atoms with Gasteiger partial charge in [-0.3, -0.25) is 10.3 Å². The predicted octanol–water partition coefficient (Wildman–Crippen LogP) is 4.06. The van der Waals surface area contributed by atoms with E-state index < -0.39 is 23.2 Å². The zero-order valence-corrected chi connectivity index (χ0v) is 16.5. The third-order valence-corrected chi connectivity index (χ3v) is 4.20. The van der Waals surface area contributed by atoms with E-state index in [1.807, 2.05) is 31.2 Å². The molecule has 2 heterocycles. The zero-order valence-electron chi connectivity index (χ0n) is 16.5. The lowest BCUT2D eigenvalue weighted by atomic mass is 9.90. The summed E-state index contributed by atoms with van der Waals surface area (Å²) in [4.78, 5) is 20.4. The lowest BCUT2D eigenvalue weighted by molar-refractivity contribution is 0.0543. The molecular formula is C21H24FN3O3. The average molecular weight is 385 g/mol. The molecule has 1 atom stereocenters. The number of carbonyl (C=O) groups excluding carboxylic acids is 1. The number of nitrogens with one attached hydrogen (secondary N) is 1. The standard InChI is InChI=1S/C21H24FN3O3/c1-20(2,3)28-19(26)24-17-12-27-13-21(4,25-17)15-8-5-7-14(11-15)16-9-6-10-23-18(16)22/h5-11H,12-13H2,1-4H3,(H,24,25,26). The third-order valence-electron chi connectivity index (χ3n) is 4.20. The number of pyridine rings is 1. The first-order chi connectivity index (χ1) is 13.2. The summed E-state index contributed by atoms with van der Waals surface area (Å²) in [6, 6.07) is 10.8. The van der Waals surface area contributed by atoms with E-state index in [1.54, 1.807) is 32.9 Å². The van der Waals surface area contributed by atoms with Crippen molar-refractivity contribution in [2.45, 2.75) is 38.8 Å². The lowest BCUT2D eigenvalue weighted by Gasteiger charge is -2.31. The van der Waals surface area contributed by atoms with E-state index in [0.29, 0.717) is 23.6 Å². The van der Waals surface area contributed by atoms with Crippen LogP contribution in [0.4, 0.5) is 9.18 Å². The predicted molar refractivity (Wildman–Crippen MR) is 105 cm³/mol. The molecule has 28 heavy (non-hydrogen) atoms. The zero-order chi connectivity index (χ0) is 20.4. The Morgan fingerprint density at radius 2 is 2.07 bits per heavy atom. The number of carbonyl (C=O) groups is 1. The van der Waals surface area contributed by atoms with Crippen molar-refractivity contribution < 1.29 is 18.7 Å². The second-order valence-electron chi connectivity index (χ2n) is 7.87. The Morgan fingerprint density at radius 3 is 2.79 bits per heavy atom. The van der Waals surface area contributed by atoms with E-state index in [2.05, 4.69) is 15.3 Å². The molecule has 1 unspecified atom stereocenters. The highest BCUT2D eigenvalue weighted by Gasteiger charge is 2.32. The molecule has 0 spiro atoms. The van der Waals surface area contributed by atoms with E-state index in [1.165, 1.54) is 6.20 Å². The number of rotatable bonds is 2. The van der Waals surface area contributed by atoms with Crippen LogP contribution in [0, 0.1) is 5.95 Å². The molecule has 0 saturated carbocycles.